The average molecular weight is 489 g/mol. The Morgan fingerprint density at radius 1 is 1.00 bits per heavy atom. The zero-order chi connectivity index (χ0) is 24.7. The molecule has 10 heteroatoms. The Morgan fingerprint density at radius 3 is 2.21 bits per heavy atom. The normalized spacial score (nSPS) is 13.9. The second-order valence-electron chi connectivity index (χ2n) is 8.59. The largest absolute Gasteiger partial charge is 0.426 e. The quantitative estimate of drug-likeness (QED) is 0.434. The highest BCUT2D eigenvalue weighted by atomic mass is 32.2. The van der Waals surface area contributed by atoms with Crippen molar-refractivity contribution in [3.8, 4) is 5.75 Å². The van der Waals surface area contributed by atoms with Crippen LogP contribution >= 0.6 is 0 Å². The molecule has 1 saturated heterocycles. The minimum absolute atomic E-state index is 0.00154. The molecule has 2 N–H and O–H groups in total. The lowest BCUT2D eigenvalue weighted by molar-refractivity contribution is -0.131. The number of esters is 1. The van der Waals surface area contributed by atoms with Crippen LogP contribution in [0.3, 0.4) is 0 Å². The molecular formula is C24H32N4O5S. The van der Waals surface area contributed by atoms with Gasteiger partial charge in [-0.2, -0.15) is 0 Å². The number of benzene rings is 2. The van der Waals surface area contributed by atoms with E-state index in [2.05, 4.69) is 14.9 Å². The monoisotopic (exact) mass is 488 g/mol. The third kappa shape index (κ3) is 7.38. The molecule has 1 heterocycles. The maximum atomic E-state index is 12.4. The number of carbonyl (C=O) groups is 2. The minimum atomic E-state index is -3.94. The summed E-state index contributed by atoms with van der Waals surface area (Å²) in [5.74, 6) is -1.54. The summed E-state index contributed by atoms with van der Waals surface area (Å²) in [6, 6.07) is 13.1. The number of rotatable bonds is 8. The van der Waals surface area contributed by atoms with Crippen LogP contribution in [0.5, 0.6) is 5.75 Å². The third-order valence-electron chi connectivity index (χ3n) is 5.34. The summed E-state index contributed by atoms with van der Waals surface area (Å²) < 4.78 is 32.4. The molecule has 0 saturated carbocycles. The number of piperidine rings is 1. The van der Waals surface area contributed by atoms with Crippen molar-refractivity contribution < 1.29 is 22.7 Å². The second kappa shape index (κ2) is 11.2. The number of hydrogen-bond donors (Lipinski definition) is 2. The smallest absolute Gasteiger partial charge is 0.328 e. The van der Waals surface area contributed by atoms with Gasteiger partial charge in [0.2, 0.25) is 10.0 Å². The van der Waals surface area contributed by atoms with E-state index in [1.165, 1.54) is 23.5 Å². The fourth-order valence-corrected chi connectivity index (χ4v) is 4.56. The number of sulfonamides is 1. The van der Waals surface area contributed by atoms with Crippen molar-refractivity contribution in [2.24, 2.45) is 0 Å². The lowest BCUT2D eigenvalue weighted by Gasteiger charge is -2.28. The van der Waals surface area contributed by atoms with Gasteiger partial charge in [-0.15, -0.1) is 0 Å². The van der Waals surface area contributed by atoms with Crippen LogP contribution in [0.4, 0.5) is 21.9 Å². The lowest BCUT2D eigenvalue weighted by atomic mass is 10.1. The van der Waals surface area contributed by atoms with Crippen molar-refractivity contribution in [2.75, 3.05) is 40.4 Å². The first-order valence-electron chi connectivity index (χ1n) is 11.3. The summed E-state index contributed by atoms with van der Waals surface area (Å²) >= 11 is 0. The summed E-state index contributed by atoms with van der Waals surface area (Å²) in [6.45, 7) is 5.72. The molecule has 1 aliphatic rings. The maximum Gasteiger partial charge on any atom is 0.328 e. The van der Waals surface area contributed by atoms with Crippen molar-refractivity contribution in [3.05, 3.63) is 48.5 Å². The molecule has 34 heavy (non-hydrogen) atoms. The van der Waals surface area contributed by atoms with E-state index in [9.17, 15) is 18.0 Å². The van der Waals surface area contributed by atoms with Gasteiger partial charge in [0.15, 0.2) is 5.75 Å². The SMILES string of the molecule is CC(C)NC(=O)N(C)c1ccc(OC(=O)CS(=O)(=O)Nc2ccc(N3CCCCC3)cc2)cc1. The van der Waals surface area contributed by atoms with Gasteiger partial charge in [-0.05, 0) is 81.6 Å². The van der Waals surface area contributed by atoms with E-state index in [1.54, 1.807) is 31.3 Å². The molecule has 2 amide bonds. The molecule has 0 spiro atoms. The number of urea groups is 1. The standard InChI is InChI=1S/C24H32N4O5S/c1-18(2)25-24(30)27(3)20-11-13-22(14-12-20)33-23(29)17-34(31,32)26-19-7-9-21(10-8-19)28-15-5-4-6-16-28/h7-14,18,26H,4-6,15-17H2,1-3H3,(H,25,30). The van der Waals surface area contributed by atoms with Gasteiger partial charge in [0.1, 0.15) is 5.75 Å². The zero-order valence-electron chi connectivity index (χ0n) is 19.8. The highest BCUT2D eigenvalue weighted by molar-refractivity contribution is 7.93. The van der Waals surface area contributed by atoms with Gasteiger partial charge >= 0.3 is 12.0 Å². The molecule has 0 radical (unpaired) electrons. The van der Waals surface area contributed by atoms with Crippen LogP contribution in [0, 0.1) is 0 Å². The fraction of sp³-hybridized carbons (Fsp3) is 0.417. The first-order chi connectivity index (χ1) is 16.1. The Kier molecular flexibility index (Phi) is 8.38. The minimum Gasteiger partial charge on any atom is -0.426 e. The van der Waals surface area contributed by atoms with Gasteiger partial charge in [-0.3, -0.25) is 14.4 Å². The lowest BCUT2D eigenvalue weighted by Crippen LogP contribution is -2.40. The summed E-state index contributed by atoms with van der Waals surface area (Å²) in [7, 11) is -2.31. The second-order valence-corrected chi connectivity index (χ2v) is 10.3. The maximum absolute atomic E-state index is 12.4. The summed E-state index contributed by atoms with van der Waals surface area (Å²) in [5, 5.41) is 2.78. The topological polar surface area (TPSA) is 108 Å². The summed E-state index contributed by atoms with van der Waals surface area (Å²) in [4.78, 5) is 28.0. The number of nitrogens with zero attached hydrogens (tertiary/aromatic N) is 2. The van der Waals surface area contributed by atoms with Gasteiger partial charge in [0, 0.05) is 43.2 Å². The zero-order valence-corrected chi connectivity index (χ0v) is 20.6. The van der Waals surface area contributed by atoms with E-state index in [1.807, 2.05) is 26.0 Å². The molecule has 0 aliphatic carbocycles. The van der Waals surface area contributed by atoms with Gasteiger partial charge in [0.05, 0.1) is 0 Å². The predicted octanol–water partition coefficient (Wildman–Crippen LogP) is 3.58. The van der Waals surface area contributed by atoms with Gasteiger partial charge in [-0.25, -0.2) is 13.2 Å². The van der Waals surface area contributed by atoms with E-state index in [4.69, 9.17) is 4.74 Å². The molecule has 9 nitrogen and oxygen atoms in total. The van der Waals surface area contributed by atoms with Crippen molar-refractivity contribution in [2.45, 2.75) is 39.2 Å². The van der Waals surface area contributed by atoms with Crippen molar-refractivity contribution in [1.82, 2.24) is 5.32 Å². The molecule has 2 aromatic carbocycles. The third-order valence-corrected chi connectivity index (χ3v) is 6.50. The molecule has 184 valence electrons. The Hall–Kier alpha value is -3.27. The van der Waals surface area contributed by atoms with Crippen LogP contribution in [-0.2, 0) is 14.8 Å². The molecule has 0 bridgehead atoms. The number of carbonyl (C=O) groups excluding carboxylic acids is 2. The van der Waals surface area contributed by atoms with Crippen LogP contribution < -0.4 is 24.6 Å². The van der Waals surface area contributed by atoms with E-state index in [0.29, 0.717) is 11.4 Å². The molecule has 3 rings (SSSR count). The fourth-order valence-electron chi connectivity index (χ4n) is 3.62. The molecule has 1 fully saturated rings. The Morgan fingerprint density at radius 2 is 1.62 bits per heavy atom. The van der Waals surface area contributed by atoms with Crippen molar-refractivity contribution in [3.63, 3.8) is 0 Å². The van der Waals surface area contributed by atoms with Crippen LogP contribution in [0.1, 0.15) is 33.1 Å². The number of ether oxygens (including phenoxy) is 1. The van der Waals surface area contributed by atoms with Crippen molar-refractivity contribution in [1.29, 1.82) is 0 Å². The average Bonchev–Trinajstić information content (AvgIpc) is 2.79. The Labute approximate surface area is 201 Å². The molecule has 0 aromatic heterocycles. The number of anilines is 3. The molecule has 0 atom stereocenters. The number of nitrogens with one attached hydrogen (secondary N) is 2. The van der Waals surface area contributed by atoms with E-state index < -0.39 is 21.7 Å². The highest BCUT2D eigenvalue weighted by Crippen LogP contribution is 2.23. The van der Waals surface area contributed by atoms with E-state index in [-0.39, 0.29) is 17.8 Å². The first kappa shape index (κ1) is 25.4. The molecule has 1 aliphatic heterocycles. The van der Waals surface area contributed by atoms with Crippen LogP contribution in [0.2, 0.25) is 0 Å². The van der Waals surface area contributed by atoms with Crippen LogP contribution in [0.25, 0.3) is 0 Å². The summed E-state index contributed by atoms with van der Waals surface area (Å²) in [6.07, 6.45) is 3.55. The van der Waals surface area contributed by atoms with Gasteiger partial charge in [0.25, 0.3) is 0 Å². The summed E-state index contributed by atoms with van der Waals surface area (Å²) in [5.41, 5.74) is 2.04. The molecular weight excluding hydrogens is 456 g/mol. The Bertz CT molecular complexity index is 1080. The number of hydrogen-bond acceptors (Lipinski definition) is 6. The predicted molar refractivity (Wildman–Crippen MR) is 134 cm³/mol. The number of amides is 2. The van der Waals surface area contributed by atoms with Crippen molar-refractivity contribution >= 4 is 39.1 Å². The van der Waals surface area contributed by atoms with E-state index >= 15 is 0 Å². The van der Waals surface area contributed by atoms with Crippen LogP contribution in [-0.4, -0.2) is 52.4 Å². The highest BCUT2D eigenvalue weighted by Gasteiger charge is 2.19. The molecule has 2 aromatic rings. The molecule has 0 unspecified atom stereocenters. The first-order valence-corrected chi connectivity index (χ1v) is 13.0. The Balaban J connectivity index is 1.53. The van der Waals surface area contributed by atoms with E-state index in [0.717, 1.165) is 31.6 Å². The van der Waals surface area contributed by atoms with Gasteiger partial charge < -0.3 is 15.0 Å². The van der Waals surface area contributed by atoms with Crippen LogP contribution in [0.15, 0.2) is 48.5 Å². The van der Waals surface area contributed by atoms with Gasteiger partial charge in [-0.1, -0.05) is 0 Å².